The molecule has 1 fully saturated rings. The molecule has 1 aliphatic rings. The number of hydrogen-bond acceptors (Lipinski definition) is 1. The maximum absolute atomic E-state index is 11.9. The van der Waals surface area contributed by atoms with Crippen molar-refractivity contribution in [1.82, 2.24) is 5.32 Å². The highest BCUT2D eigenvalue weighted by Crippen LogP contribution is 2.36. The van der Waals surface area contributed by atoms with Crippen LogP contribution in [0.4, 0.5) is 0 Å². The smallest absolute Gasteiger partial charge is 0.251 e. The van der Waals surface area contributed by atoms with Gasteiger partial charge in [0.1, 0.15) is 0 Å². The van der Waals surface area contributed by atoms with Crippen molar-refractivity contribution in [3.63, 3.8) is 0 Å². The molecule has 1 N–H and O–H groups in total. The zero-order chi connectivity index (χ0) is 11.8. The fourth-order valence-electron chi connectivity index (χ4n) is 1.39. The Morgan fingerprint density at radius 3 is 2.69 bits per heavy atom. The normalized spacial score (nSPS) is 16.9. The molecule has 0 spiro atoms. The van der Waals surface area contributed by atoms with E-state index in [9.17, 15) is 4.79 Å². The molecule has 2 rings (SSSR count). The summed E-state index contributed by atoms with van der Waals surface area (Å²) >= 11 is 13.9. The van der Waals surface area contributed by atoms with Gasteiger partial charge in [0.05, 0.1) is 10.6 Å². The molecule has 0 heterocycles. The largest absolute Gasteiger partial charge is 0.345 e. The number of hydrogen-bond donors (Lipinski definition) is 1. The molecule has 1 aromatic rings. The molecule has 0 unspecified atom stereocenters. The zero-order valence-electron chi connectivity index (χ0n) is 8.40. The maximum Gasteiger partial charge on any atom is 0.251 e. The van der Waals surface area contributed by atoms with Gasteiger partial charge in [0.2, 0.25) is 0 Å². The highest BCUT2D eigenvalue weighted by molar-refractivity contribution is 14.1. The number of carbonyl (C=O) groups is 1. The third-order valence-electron chi connectivity index (χ3n) is 2.67. The average molecular weight is 370 g/mol. The minimum Gasteiger partial charge on any atom is -0.345 e. The summed E-state index contributed by atoms with van der Waals surface area (Å²) in [6.45, 7) is 0. The molecule has 2 nitrogen and oxygen atoms in total. The summed E-state index contributed by atoms with van der Waals surface area (Å²) in [5.41, 5.74) is 0.412. The predicted molar refractivity (Wildman–Crippen MR) is 74.3 cm³/mol. The van der Waals surface area contributed by atoms with Gasteiger partial charge in [-0.05, 0) is 53.6 Å². The Balaban J connectivity index is 2.12. The molecule has 1 aromatic carbocycles. The van der Waals surface area contributed by atoms with Crippen molar-refractivity contribution in [1.29, 1.82) is 0 Å². The summed E-state index contributed by atoms with van der Waals surface area (Å²) in [5.74, 6) is 0.369. The number of alkyl halides is 1. The number of nitrogens with one attached hydrogen (secondary N) is 1. The minimum absolute atomic E-state index is 0.101. The molecule has 0 radical (unpaired) electrons. The third-order valence-corrected chi connectivity index (χ3v) is 4.75. The van der Waals surface area contributed by atoms with Gasteiger partial charge in [-0.1, -0.05) is 11.6 Å². The van der Waals surface area contributed by atoms with Crippen LogP contribution < -0.4 is 5.32 Å². The summed E-state index contributed by atoms with van der Waals surface area (Å²) in [6, 6.07) is 5.29. The van der Waals surface area contributed by atoms with Crippen LogP contribution in [0.25, 0.3) is 0 Å². The summed E-state index contributed by atoms with van der Waals surface area (Å²) in [5, 5.41) is 3.55. The molecule has 0 bridgehead atoms. The van der Waals surface area contributed by atoms with E-state index in [1.54, 1.807) is 12.1 Å². The van der Waals surface area contributed by atoms with E-state index < -0.39 is 0 Å². The first-order valence-corrected chi connectivity index (χ1v) is 6.89. The van der Waals surface area contributed by atoms with E-state index in [2.05, 4.69) is 27.9 Å². The van der Waals surface area contributed by atoms with Crippen molar-refractivity contribution in [2.45, 2.75) is 18.4 Å². The van der Waals surface area contributed by atoms with Gasteiger partial charge in [-0.3, -0.25) is 4.79 Å². The molecule has 0 aliphatic heterocycles. The molecule has 86 valence electrons. The van der Waals surface area contributed by atoms with Crippen LogP contribution in [0, 0.1) is 3.57 Å². The van der Waals surface area contributed by atoms with Gasteiger partial charge in [-0.2, -0.15) is 0 Å². The number of amides is 1. The molecular weight excluding hydrogens is 360 g/mol. The van der Waals surface area contributed by atoms with E-state index in [0.717, 1.165) is 16.4 Å². The molecule has 1 aliphatic carbocycles. The Morgan fingerprint density at radius 2 is 2.19 bits per heavy atom. The summed E-state index contributed by atoms with van der Waals surface area (Å²) in [7, 11) is 0. The minimum atomic E-state index is -0.173. The van der Waals surface area contributed by atoms with Crippen LogP contribution in [0.5, 0.6) is 0 Å². The van der Waals surface area contributed by atoms with Crippen LogP contribution in [0.1, 0.15) is 23.2 Å². The first-order valence-electron chi connectivity index (χ1n) is 4.90. The van der Waals surface area contributed by atoms with E-state index in [4.69, 9.17) is 23.2 Å². The van der Waals surface area contributed by atoms with Gasteiger partial charge in [-0.25, -0.2) is 0 Å². The summed E-state index contributed by atoms with van der Waals surface area (Å²) in [6.07, 6.45) is 1.92. The lowest BCUT2D eigenvalue weighted by Gasteiger charge is -2.14. The number of carbonyl (C=O) groups excluding carboxylic acids is 1. The van der Waals surface area contributed by atoms with Gasteiger partial charge < -0.3 is 5.32 Å². The molecule has 5 heteroatoms. The second-order valence-electron chi connectivity index (χ2n) is 4.00. The Bertz CT molecular complexity index is 432. The third kappa shape index (κ3) is 2.63. The zero-order valence-corrected chi connectivity index (χ0v) is 12.1. The molecule has 1 saturated carbocycles. The first kappa shape index (κ1) is 12.5. The first-order chi connectivity index (χ1) is 7.56. The van der Waals surface area contributed by atoms with Gasteiger partial charge in [-0.15, -0.1) is 11.6 Å². The van der Waals surface area contributed by atoms with Gasteiger partial charge >= 0.3 is 0 Å². The summed E-state index contributed by atoms with van der Waals surface area (Å²) in [4.78, 5) is 11.9. The SMILES string of the molecule is O=C(NC1(CCl)CC1)c1ccc(I)c(Cl)c1. The molecule has 0 aromatic heterocycles. The Morgan fingerprint density at radius 1 is 1.50 bits per heavy atom. The van der Waals surface area contributed by atoms with Crippen LogP contribution in [0.2, 0.25) is 5.02 Å². The van der Waals surface area contributed by atoms with Gasteiger partial charge in [0, 0.05) is 15.0 Å². The molecule has 16 heavy (non-hydrogen) atoms. The Kier molecular flexibility index (Phi) is 3.66. The average Bonchev–Trinajstić information content (AvgIpc) is 3.02. The van der Waals surface area contributed by atoms with Crippen LogP contribution >= 0.6 is 45.8 Å². The van der Waals surface area contributed by atoms with E-state index in [-0.39, 0.29) is 11.4 Å². The van der Waals surface area contributed by atoms with Crippen molar-refractivity contribution in [3.8, 4) is 0 Å². The second-order valence-corrected chi connectivity index (χ2v) is 5.83. The lowest BCUT2D eigenvalue weighted by Crippen LogP contribution is -2.38. The van der Waals surface area contributed by atoms with Crippen molar-refractivity contribution in [2.24, 2.45) is 0 Å². The van der Waals surface area contributed by atoms with Crippen molar-refractivity contribution < 1.29 is 4.79 Å². The monoisotopic (exact) mass is 369 g/mol. The fourth-order valence-corrected chi connectivity index (χ4v) is 2.24. The molecular formula is C11H10Cl2INO. The highest BCUT2D eigenvalue weighted by Gasteiger charge is 2.43. The number of benzene rings is 1. The Labute approximate surface area is 118 Å². The van der Waals surface area contributed by atoms with Crippen LogP contribution in [0.15, 0.2) is 18.2 Å². The highest BCUT2D eigenvalue weighted by atomic mass is 127. The van der Waals surface area contributed by atoms with Crippen molar-refractivity contribution >= 4 is 51.7 Å². The molecule has 0 atom stereocenters. The molecule has 0 saturated heterocycles. The standard InChI is InChI=1S/C11H10Cl2INO/c12-6-11(3-4-11)15-10(16)7-1-2-9(14)8(13)5-7/h1-2,5H,3-4,6H2,(H,15,16). The van der Waals surface area contributed by atoms with Crippen molar-refractivity contribution in [3.05, 3.63) is 32.4 Å². The number of halogens is 3. The quantitative estimate of drug-likeness (QED) is 0.641. The van der Waals surface area contributed by atoms with E-state index >= 15 is 0 Å². The lowest BCUT2D eigenvalue weighted by atomic mass is 10.2. The predicted octanol–water partition coefficient (Wildman–Crippen LogP) is 3.45. The van der Waals surface area contributed by atoms with Crippen molar-refractivity contribution in [2.75, 3.05) is 5.88 Å². The van der Waals surface area contributed by atoms with Crippen LogP contribution in [-0.4, -0.2) is 17.3 Å². The lowest BCUT2D eigenvalue weighted by molar-refractivity contribution is 0.0936. The summed E-state index contributed by atoms with van der Waals surface area (Å²) < 4.78 is 0.939. The van der Waals surface area contributed by atoms with Gasteiger partial charge in [0.25, 0.3) is 5.91 Å². The maximum atomic E-state index is 11.9. The van der Waals surface area contributed by atoms with Gasteiger partial charge in [0.15, 0.2) is 0 Å². The Hall–Kier alpha value is -0.0000000000000000555. The second kappa shape index (κ2) is 4.70. The van der Waals surface area contributed by atoms with E-state index in [0.29, 0.717) is 16.5 Å². The molecule has 1 amide bonds. The fraction of sp³-hybridized carbons (Fsp3) is 0.364. The topological polar surface area (TPSA) is 29.1 Å². The van der Waals surface area contributed by atoms with Crippen LogP contribution in [0.3, 0.4) is 0 Å². The van der Waals surface area contributed by atoms with Crippen LogP contribution in [-0.2, 0) is 0 Å². The van der Waals surface area contributed by atoms with E-state index in [1.165, 1.54) is 0 Å². The van der Waals surface area contributed by atoms with E-state index in [1.807, 2.05) is 6.07 Å². The number of rotatable bonds is 3.